The van der Waals surface area contributed by atoms with E-state index in [1.165, 1.54) is 12.1 Å². The van der Waals surface area contributed by atoms with Crippen LogP contribution < -0.4 is 4.74 Å². The van der Waals surface area contributed by atoms with Crippen LogP contribution in [0.15, 0.2) is 30.3 Å². The van der Waals surface area contributed by atoms with E-state index in [0.717, 1.165) is 23.5 Å². The maximum Gasteiger partial charge on any atom is 0.416 e. The third-order valence-electron chi connectivity index (χ3n) is 3.09. The number of ether oxygens (including phenoxy) is 1. The molecule has 1 aromatic carbocycles. The van der Waals surface area contributed by atoms with E-state index in [1.807, 2.05) is 19.9 Å². The van der Waals surface area contributed by atoms with Gasteiger partial charge in [0, 0.05) is 5.69 Å². The highest BCUT2D eigenvalue weighted by molar-refractivity contribution is 5.30. The molecule has 0 saturated heterocycles. The standard InChI is InChI=1S/C15H17F3N2O2/c1-10-6-11(2)20(19-10)8-13(21)9-22-14-5-3-4-12(7-14)15(16,17)18/h3-7,13,21H,8-9H2,1-2H3. The van der Waals surface area contributed by atoms with E-state index in [2.05, 4.69) is 5.10 Å². The minimum Gasteiger partial charge on any atom is -0.491 e. The maximum absolute atomic E-state index is 12.6. The van der Waals surface area contributed by atoms with Gasteiger partial charge in [-0.15, -0.1) is 0 Å². The van der Waals surface area contributed by atoms with Crippen molar-refractivity contribution in [1.82, 2.24) is 9.78 Å². The van der Waals surface area contributed by atoms with Crippen LogP contribution in [-0.2, 0) is 12.7 Å². The van der Waals surface area contributed by atoms with Crippen LogP contribution in [0.4, 0.5) is 13.2 Å². The quantitative estimate of drug-likeness (QED) is 0.923. The molecule has 1 atom stereocenters. The lowest BCUT2D eigenvalue weighted by Crippen LogP contribution is -2.24. The van der Waals surface area contributed by atoms with Crippen molar-refractivity contribution in [3.8, 4) is 5.75 Å². The Morgan fingerprint density at radius 3 is 2.59 bits per heavy atom. The smallest absolute Gasteiger partial charge is 0.416 e. The van der Waals surface area contributed by atoms with Gasteiger partial charge in [0.2, 0.25) is 0 Å². The molecule has 0 aliphatic rings. The molecule has 2 aromatic rings. The largest absolute Gasteiger partial charge is 0.491 e. The van der Waals surface area contributed by atoms with Gasteiger partial charge in [-0.2, -0.15) is 18.3 Å². The normalized spacial score (nSPS) is 13.2. The molecule has 0 aliphatic heterocycles. The van der Waals surface area contributed by atoms with Gasteiger partial charge in [0.25, 0.3) is 0 Å². The maximum atomic E-state index is 12.6. The third kappa shape index (κ3) is 4.24. The fourth-order valence-corrected chi connectivity index (χ4v) is 2.07. The monoisotopic (exact) mass is 314 g/mol. The molecule has 0 bridgehead atoms. The number of aryl methyl sites for hydroxylation is 2. The lowest BCUT2D eigenvalue weighted by atomic mass is 10.2. The number of halogens is 3. The second-order valence-electron chi connectivity index (χ2n) is 5.10. The molecule has 1 heterocycles. The molecule has 22 heavy (non-hydrogen) atoms. The average molecular weight is 314 g/mol. The summed E-state index contributed by atoms with van der Waals surface area (Å²) >= 11 is 0. The zero-order valence-corrected chi connectivity index (χ0v) is 12.3. The van der Waals surface area contributed by atoms with Crippen molar-refractivity contribution in [3.05, 3.63) is 47.3 Å². The predicted molar refractivity (Wildman–Crippen MR) is 74.6 cm³/mol. The van der Waals surface area contributed by atoms with Crippen LogP contribution in [0.1, 0.15) is 17.0 Å². The Morgan fingerprint density at radius 1 is 1.27 bits per heavy atom. The summed E-state index contributed by atoms with van der Waals surface area (Å²) in [4.78, 5) is 0. The number of nitrogens with zero attached hydrogens (tertiary/aromatic N) is 2. The van der Waals surface area contributed by atoms with Crippen LogP contribution in [0.3, 0.4) is 0 Å². The first-order chi connectivity index (χ1) is 10.3. The topological polar surface area (TPSA) is 47.3 Å². The molecule has 7 heteroatoms. The number of aliphatic hydroxyl groups excluding tert-OH is 1. The molecular formula is C15H17F3N2O2. The first-order valence-corrected chi connectivity index (χ1v) is 6.75. The number of rotatable bonds is 5. The first-order valence-electron chi connectivity index (χ1n) is 6.75. The van der Waals surface area contributed by atoms with Gasteiger partial charge in [-0.3, -0.25) is 4.68 Å². The van der Waals surface area contributed by atoms with Crippen LogP contribution >= 0.6 is 0 Å². The Labute approximate surface area is 126 Å². The van der Waals surface area contributed by atoms with Crippen molar-refractivity contribution in [3.63, 3.8) is 0 Å². The summed E-state index contributed by atoms with van der Waals surface area (Å²) in [5, 5.41) is 14.1. The van der Waals surface area contributed by atoms with Gasteiger partial charge in [0.1, 0.15) is 18.5 Å². The zero-order chi connectivity index (χ0) is 16.3. The van der Waals surface area contributed by atoms with E-state index >= 15 is 0 Å². The second kappa shape index (κ2) is 6.39. The highest BCUT2D eigenvalue weighted by atomic mass is 19.4. The number of hydrogen-bond donors (Lipinski definition) is 1. The lowest BCUT2D eigenvalue weighted by Gasteiger charge is -2.14. The Bertz CT molecular complexity index is 638. The minimum atomic E-state index is -4.41. The third-order valence-corrected chi connectivity index (χ3v) is 3.09. The summed E-state index contributed by atoms with van der Waals surface area (Å²) < 4.78 is 44.6. The summed E-state index contributed by atoms with van der Waals surface area (Å²) in [6, 6.07) is 6.45. The van der Waals surface area contributed by atoms with Crippen LogP contribution in [0.25, 0.3) is 0 Å². The van der Waals surface area contributed by atoms with Crippen molar-refractivity contribution in [2.45, 2.75) is 32.7 Å². The Kier molecular flexibility index (Phi) is 4.75. The van der Waals surface area contributed by atoms with Crippen LogP contribution in [0.5, 0.6) is 5.75 Å². The number of hydrogen-bond acceptors (Lipinski definition) is 3. The first kappa shape index (κ1) is 16.4. The highest BCUT2D eigenvalue weighted by Crippen LogP contribution is 2.31. The van der Waals surface area contributed by atoms with E-state index in [-0.39, 0.29) is 18.9 Å². The molecule has 0 radical (unpaired) electrons. The van der Waals surface area contributed by atoms with Crippen LogP contribution in [0.2, 0.25) is 0 Å². The van der Waals surface area contributed by atoms with Gasteiger partial charge in [-0.05, 0) is 38.1 Å². The molecule has 0 spiro atoms. The number of aromatic nitrogens is 2. The summed E-state index contributed by atoms with van der Waals surface area (Å²) in [6.07, 6.45) is -5.28. The van der Waals surface area contributed by atoms with E-state index in [4.69, 9.17) is 4.74 Å². The molecular weight excluding hydrogens is 297 g/mol. The van der Waals surface area contributed by atoms with Gasteiger partial charge in [-0.25, -0.2) is 0 Å². The SMILES string of the molecule is Cc1cc(C)n(CC(O)COc2cccc(C(F)(F)F)c2)n1. The average Bonchev–Trinajstić information content (AvgIpc) is 2.74. The van der Waals surface area contributed by atoms with Gasteiger partial charge >= 0.3 is 6.18 Å². The minimum absolute atomic E-state index is 0.0715. The zero-order valence-electron chi connectivity index (χ0n) is 12.3. The van der Waals surface area contributed by atoms with E-state index in [0.29, 0.717) is 0 Å². The summed E-state index contributed by atoms with van der Waals surface area (Å²) in [5.41, 5.74) is 0.956. The summed E-state index contributed by atoms with van der Waals surface area (Å²) in [7, 11) is 0. The van der Waals surface area contributed by atoms with Crippen molar-refractivity contribution in [1.29, 1.82) is 0 Å². The molecule has 1 N–H and O–H groups in total. The van der Waals surface area contributed by atoms with E-state index < -0.39 is 17.8 Å². The van der Waals surface area contributed by atoms with Gasteiger partial charge in [-0.1, -0.05) is 6.07 Å². The van der Waals surface area contributed by atoms with E-state index in [1.54, 1.807) is 4.68 Å². The van der Waals surface area contributed by atoms with Crippen LogP contribution in [-0.4, -0.2) is 27.6 Å². The molecule has 0 amide bonds. The Hall–Kier alpha value is -2.02. The Morgan fingerprint density at radius 2 is 2.00 bits per heavy atom. The molecule has 2 rings (SSSR count). The second-order valence-corrected chi connectivity index (χ2v) is 5.10. The molecule has 0 saturated carbocycles. The van der Waals surface area contributed by atoms with Crippen molar-refractivity contribution in [2.75, 3.05) is 6.61 Å². The van der Waals surface area contributed by atoms with Crippen LogP contribution in [0, 0.1) is 13.8 Å². The number of aliphatic hydroxyl groups is 1. The highest BCUT2D eigenvalue weighted by Gasteiger charge is 2.30. The van der Waals surface area contributed by atoms with Gasteiger partial charge < -0.3 is 9.84 Å². The fraction of sp³-hybridized carbons (Fsp3) is 0.400. The van der Waals surface area contributed by atoms with E-state index in [9.17, 15) is 18.3 Å². The van der Waals surface area contributed by atoms with Crippen molar-refractivity contribution < 1.29 is 23.0 Å². The Balaban J connectivity index is 1.94. The molecule has 1 unspecified atom stereocenters. The molecule has 0 aliphatic carbocycles. The molecule has 0 fully saturated rings. The van der Waals surface area contributed by atoms with Crippen molar-refractivity contribution in [2.24, 2.45) is 0 Å². The van der Waals surface area contributed by atoms with Gasteiger partial charge in [0.05, 0.1) is 17.8 Å². The molecule has 120 valence electrons. The molecule has 1 aromatic heterocycles. The predicted octanol–water partition coefficient (Wildman–Crippen LogP) is 2.96. The van der Waals surface area contributed by atoms with Crippen molar-refractivity contribution >= 4 is 0 Å². The lowest BCUT2D eigenvalue weighted by molar-refractivity contribution is -0.137. The van der Waals surface area contributed by atoms with Gasteiger partial charge in [0.15, 0.2) is 0 Å². The summed E-state index contributed by atoms with van der Waals surface area (Å²) in [6.45, 7) is 3.81. The summed E-state index contributed by atoms with van der Waals surface area (Å²) in [5.74, 6) is 0.0715. The fourth-order valence-electron chi connectivity index (χ4n) is 2.07. The number of benzene rings is 1. The number of alkyl halides is 3. The molecule has 4 nitrogen and oxygen atoms in total.